The van der Waals surface area contributed by atoms with Gasteiger partial charge in [0.15, 0.2) is 12.2 Å². The van der Waals surface area contributed by atoms with Gasteiger partial charge in [0.25, 0.3) is 0 Å². The molecule has 14 heteroatoms. The van der Waals surface area contributed by atoms with Crippen molar-refractivity contribution >= 4 is 56.2 Å². The Morgan fingerprint density at radius 3 is 2.59 bits per heavy atom. The molecule has 9 nitrogen and oxygen atoms in total. The predicted octanol–water partition coefficient (Wildman–Crippen LogP) is 9.06. The van der Waals surface area contributed by atoms with Crippen LogP contribution in [0.15, 0.2) is 66.7 Å². The van der Waals surface area contributed by atoms with Crippen LogP contribution in [0.2, 0.25) is 0 Å². The van der Waals surface area contributed by atoms with Gasteiger partial charge in [-0.25, -0.2) is 9.97 Å². The lowest BCUT2D eigenvalue weighted by atomic mass is 10.0. The fraction of sp³-hybridized carbons (Fsp3) is 0.351. The van der Waals surface area contributed by atoms with Gasteiger partial charge in [0.2, 0.25) is 5.76 Å². The van der Waals surface area contributed by atoms with E-state index in [9.17, 15) is 18.4 Å². The van der Waals surface area contributed by atoms with Crippen LogP contribution in [0.1, 0.15) is 53.4 Å². The number of alkyl halides is 3. The van der Waals surface area contributed by atoms with Crippen LogP contribution in [-0.2, 0) is 30.1 Å². The normalized spacial score (nSPS) is 14.5. The monoisotopic (exact) mass is 730 g/mol. The number of piperidine rings is 1. The van der Waals surface area contributed by atoms with Gasteiger partial charge in [-0.2, -0.15) is 23.7 Å². The van der Waals surface area contributed by atoms with Crippen LogP contribution in [0.4, 0.5) is 24.7 Å². The van der Waals surface area contributed by atoms with Gasteiger partial charge in [-0.3, -0.25) is 9.62 Å². The van der Waals surface area contributed by atoms with E-state index in [4.69, 9.17) is 9.44 Å². The number of allylic oxidation sites excluding steroid dienone is 2. The van der Waals surface area contributed by atoms with Crippen molar-refractivity contribution in [1.82, 2.24) is 19.4 Å². The lowest BCUT2D eigenvalue weighted by molar-refractivity contribution is -0.126. The van der Waals surface area contributed by atoms with Crippen molar-refractivity contribution in [3.05, 3.63) is 94.0 Å². The third-order valence-corrected chi connectivity index (χ3v) is 10.7. The van der Waals surface area contributed by atoms with Gasteiger partial charge in [0, 0.05) is 53.7 Å². The molecule has 264 valence electrons. The van der Waals surface area contributed by atoms with Gasteiger partial charge in [-0.05, 0) is 85.7 Å². The highest BCUT2D eigenvalue weighted by Gasteiger charge is 2.29. The molecule has 1 saturated heterocycles. The minimum Gasteiger partial charge on any atom is -0.394 e. The van der Waals surface area contributed by atoms with Crippen molar-refractivity contribution in [2.75, 3.05) is 23.1 Å². The Morgan fingerprint density at radius 2 is 1.88 bits per heavy atom. The Hall–Kier alpha value is -4.76. The van der Waals surface area contributed by atoms with Gasteiger partial charge >= 0.3 is 6.18 Å². The standard InChI is InChI=1S/C37H37F3N8OS2/c1-3-4-30(21-42)49-51-46-28-8-5-25(6-9-28)11-16-48-29(20-41)17-32-24(2)26(7-10-34(32)48)22-47-14-12-27(13-15-47)45-35-33-18-31(19-37(38,39)40)50-36(33)44-23-43-35/h4-10,17-18,23,27,46H,3,11-16,19,22H2,1-2H3,(H,43,44,45)/b30-4+. The molecule has 6 rings (SSSR count). The molecule has 0 aliphatic carbocycles. The molecule has 0 unspecified atom stereocenters. The molecule has 0 spiro atoms. The summed E-state index contributed by atoms with van der Waals surface area (Å²) < 4.78 is 49.4. The molecule has 0 atom stereocenters. The van der Waals surface area contributed by atoms with Crippen LogP contribution in [-0.4, -0.2) is 44.7 Å². The fourth-order valence-corrected chi connectivity index (χ4v) is 7.87. The molecule has 3 aromatic heterocycles. The first kappa shape index (κ1) is 36.0. The van der Waals surface area contributed by atoms with Gasteiger partial charge in [0.05, 0.1) is 11.8 Å². The lowest BCUT2D eigenvalue weighted by Crippen LogP contribution is -2.39. The topological polar surface area (TPSA) is 115 Å². The highest BCUT2D eigenvalue weighted by molar-refractivity contribution is 7.96. The van der Waals surface area contributed by atoms with E-state index >= 15 is 0 Å². The summed E-state index contributed by atoms with van der Waals surface area (Å²) in [7, 11) is 0. The minimum absolute atomic E-state index is 0.159. The number of rotatable bonds is 13. The summed E-state index contributed by atoms with van der Waals surface area (Å²) in [6.07, 6.45) is 1.14. The molecule has 2 aromatic carbocycles. The van der Waals surface area contributed by atoms with Crippen molar-refractivity contribution in [3.63, 3.8) is 0 Å². The molecule has 0 radical (unpaired) electrons. The molecule has 1 aliphatic heterocycles. The number of hydrogen-bond acceptors (Lipinski definition) is 10. The highest BCUT2D eigenvalue weighted by atomic mass is 32.2. The van der Waals surface area contributed by atoms with Crippen molar-refractivity contribution in [2.24, 2.45) is 0 Å². The Bertz CT molecular complexity index is 2100. The van der Waals surface area contributed by atoms with E-state index < -0.39 is 12.6 Å². The van der Waals surface area contributed by atoms with Gasteiger partial charge in [-0.1, -0.05) is 25.1 Å². The summed E-state index contributed by atoms with van der Waals surface area (Å²) in [5, 5.41) is 24.3. The Kier molecular flexibility index (Phi) is 11.4. The molecule has 5 aromatic rings. The molecule has 51 heavy (non-hydrogen) atoms. The van der Waals surface area contributed by atoms with E-state index in [1.54, 1.807) is 12.1 Å². The molecule has 1 fully saturated rings. The summed E-state index contributed by atoms with van der Waals surface area (Å²) in [5.41, 5.74) is 6.06. The number of nitrogens with one attached hydrogen (secondary N) is 2. The zero-order chi connectivity index (χ0) is 36.0. The maximum absolute atomic E-state index is 13.0. The lowest BCUT2D eigenvalue weighted by Gasteiger charge is -2.33. The number of fused-ring (bicyclic) bond motifs is 2. The van der Waals surface area contributed by atoms with E-state index in [0.29, 0.717) is 28.3 Å². The first-order valence-corrected chi connectivity index (χ1v) is 18.3. The number of hydrogen-bond donors (Lipinski definition) is 2. The van der Waals surface area contributed by atoms with Gasteiger partial charge < -0.3 is 14.1 Å². The average molecular weight is 731 g/mol. The van der Waals surface area contributed by atoms with Crippen LogP contribution < -0.4 is 10.0 Å². The first-order valence-electron chi connectivity index (χ1n) is 16.7. The van der Waals surface area contributed by atoms with Gasteiger partial charge in [0.1, 0.15) is 34.8 Å². The van der Waals surface area contributed by atoms with Crippen LogP contribution in [0, 0.1) is 29.6 Å². The Balaban J connectivity index is 1.04. The summed E-state index contributed by atoms with van der Waals surface area (Å²) in [6, 6.07) is 20.4. The largest absolute Gasteiger partial charge is 0.394 e. The molecule has 0 saturated carbocycles. The number of anilines is 2. The number of halogens is 3. The SMILES string of the molecule is CC/C=C(\C#N)OSNc1ccc(CCn2c(C#N)cc3c(C)c(CN4CCC(Nc5ncnc6sc(CC(F)(F)F)cc56)CC4)ccc32)cc1. The fourth-order valence-electron chi connectivity index (χ4n) is 6.38. The number of thiophene rings is 1. The van der Waals surface area contributed by atoms with Gasteiger partial charge in [-0.15, -0.1) is 11.3 Å². The van der Waals surface area contributed by atoms with E-state index in [2.05, 4.69) is 54.6 Å². The number of nitrogens with zero attached hydrogens (tertiary/aromatic N) is 6. The number of aryl methyl sites for hydroxylation is 3. The number of nitriles is 2. The first-order chi connectivity index (χ1) is 24.6. The molecular weight excluding hydrogens is 694 g/mol. The second kappa shape index (κ2) is 16.1. The second-order valence-corrected chi connectivity index (χ2v) is 14.2. The molecular formula is C37H37F3N8OS2. The van der Waals surface area contributed by atoms with Crippen molar-refractivity contribution in [2.45, 2.75) is 71.3 Å². The Morgan fingerprint density at radius 1 is 1.10 bits per heavy atom. The minimum atomic E-state index is -4.26. The van der Waals surface area contributed by atoms with Crippen LogP contribution in [0.3, 0.4) is 0 Å². The van der Waals surface area contributed by atoms with Crippen molar-refractivity contribution in [1.29, 1.82) is 10.5 Å². The maximum Gasteiger partial charge on any atom is 0.393 e. The zero-order valence-corrected chi connectivity index (χ0v) is 29.9. The quantitative estimate of drug-likeness (QED) is 0.0530. The zero-order valence-electron chi connectivity index (χ0n) is 28.3. The molecule has 0 bridgehead atoms. The van der Waals surface area contributed by atoms with E-state index in [1.807, 2.05) is 43.3 Å². The molecule has 4 heterocycles. The summed E-state index contributed by atoms with van der Waals surface area (Å²) in [5.74, 6) is 0.858. The number of aromatic nitrogens is 3. The van der Waals surface area contributed by atoms with Crippen LogP contribution in [0.25, 0.3) is 21.1 Å². The summed E-state index contributed by atoms with van der Waals surface area (Å²) in [6.45, 7) is 7.26. The number of likely N-dealkylation sites (tertiary alicyclic amines) is 1. The van der Waals surface area contributed by atoms with Crippen LogP contribution in [0.5, 0.6) is 0 Å². The highest BCUT2D eigenvalue weighted by Crippen LogP contribution is 2.34. The van der Waals surface area contributed by atoms with E-state index in [0.717, 1.165) is 91.0 Å². The summed E-state index contributed by atoms with van der Waals surface area (Å²) in [4.78, 5) is 11.8. The maximum atomic E-state index is 13.0. The smallest absolute Gasteiger partial charge is 0.393 e. The Labute approximate surface area is 303 Å². The molecule has 1 aliphatic rings. The third-order valence-electron chi connectivity index (χ3n) is 9.03. The van der Waals surface area contributed by atoms with E-state index in [-0.39, 0.29) is 16.7 Å². The summed E-state index contributed by atoms with van der Waals surface area (Å²) >= 11 is 2.06. The molecule has 0 amide bonds. The van der Waals surface area contributed by atoms with Crippen molar-refractivity contribution in [3.8, 4) is 12.1 Å². The molecule has 2 N–H and O–H groups in total. The van der Waals surface area contributed by atoms with Crippen molar-refractivity contribution < 1.29 is 17.4 Å². The van der Waals surface area contributed by atoms with E-state index in [1.165, 1.54) is 17.5 Å². The predicted molar refractivity (Wildman–Crippen MR) is 197 cm³/mol. The average Bonchev–Trinajstić information content (AvgIpc) is 3.70. The van der Waals surface area contributed by atoms with Crippen LogP contribution >= 0.6 is 23.6 Å². The number of benzene rings is 2. The second-order valence-electron chi connectivity index (χ2n) is 12.5. The third kappa shape index (κ3) is 8.95.